The predicted octanol–water partition coefficient (Wildman–Crippen LogP) is 3.86. The highest BCUT2D eigenvalue weighted by Gasteiger charge is 2.03. The molecule has 0 aliphatic heterocycles. The van der Waals surface area contributed by atoms with Gasteiger partial charge in [0.25, 0.3) is 0 Å². The summed E-state index contributed by atoms with van der Waals surface area (Å²) >= 11 is 1.68. The largest absolute Gasteiger partial charge is 0.370 e. The summed E-state index contributed by atoms with van der Waals surface area (Å²) in [5.74, 6) is 0.403. The molecule has 122 valence electrons. The summed E-state index contributed by atoms with van der Waals surface area (Å²) in [5, 5.41) is 6.26. The van der Waals surface area contributed by atoms with Crippen LogP contribution in [-0.4, -0.2) is 10.9 Å². The van der Waals surface area contributed by atoms with Gasteiger partial charge in [-0.25, -0.2) is 9.98 Å². The molecule has 0 fully saturated rings. The third-order valence-electron chi connectivity index (χ3n) is 3.53. The molecule has 3 aromatic rings. The minimum Gasteiger partial charge on any atom is -0.370 e. The molecule has 3 rings (SSSR count). The van der Waals surface area contributed by atoms with E-state index in [1.165, 1.54) is 5.56 Å². The Morgan fingerprint density at radius 1 is 1.00 bits per heavy atom. The topological polar surface area (TPSA) is 63.3 Å². The van der Waals surface area contributed by atoms with Crippen molar-refractivity contribution in [1.29, 1.82) is 0 Å². The number of hydrogen-bond acceptors (Lipinski definition) is 3. The van der Waals surface area contributed by atoms with Crippen molar-refractivity contribution in [3.05, 3.63) is 82.3 Å². The summed E-state index contributed by atoms with van der Waals surface area (Å²) in [6.45, 7) is 0.494. The average molecular weight is 336 g/mol. The van der Waals surface area contributed by atoms with Crippen molar-refractivity contribution in [2.24, 2.45) is 10.7 Å². The maximum absolute atomic E-state index is 5.91. The number of aliphatic imine (C=N–C) groups is 1. The lowest BCUT2D eigenvalue weighted by Gasteiger charge is -2.04. The standard InChI is InChI=1S/C19H20N4S/c20-19(23-16-9-5-2-6-10-16)21-13-17-14-24-18(22-17)12-11-15-7-3-1-4-8-15/h1-10,14H,11-13H2,(H3,20,21,23). The zero-order valence-electron chi connectivity index (χ0n) is 13.4. The maximum atomic E-state index is 5.91. The van der Waals surface area contributed by atoms with Gasteiger partial charge in [-0.15, -0.1) is 11.3 Å². The van der Waals surface area contributed by atoms with E-state index in [2.05, 4.69) is 44.9 Å². The molecule has 2 aromatic carbocycles. The zero-order valence-corrected chi connectivity index (χ0v) is 14.2. The van der Waals surface area contributed by atoms with Crippen LogP contribution in [0, 0.1) is 0 Å². The van der Waals surface area contributed by atoms with Crippen LogP contribution in [0.1, 0.15) is 16.3 Å². The number of anilines is 1. The number of guanidine groups is 1. The monoisotopic (exact) mass is 336 g/mol. The lowest BCUT2D eigenvalue weighted by molar-refractivity contribution is 0.913. The van der Waals surface area contributed by atoms with Gasteiger partial charge in [-0.05, 0) is 24.1 Å². The molecule has 0 unspecified atom stereocenters. The fraction of sp³-hybridized carbons (Fsp3) is 0.158. The van der Waals surface area contributed by atoms with Crippen LogP contribution in [0.25, 0.3) is 0 Å². The van der Waals surface area contributed by atoms with Gasteiger partial charge < -0.3 is 11.1 Å². The van der Waals surface area contributed by atoms with Crippen LogP contribution in [0.5, 0.6) is 0 Å². The van der Waals surface area contributed by atoms with Crippen molar-refractivity contribution >= 4 is 23.0 Å². The van der Waals surface area contributed by atoms with E-state index in [0.29, 0.717) is 12.5 Å². The Bertz CT molecular complexity index is 781. The van der Waals surface area contributed by atoms with Crippen molar-refractivity contribution < 1.29 is 0 Å². The molecule has 24 heavy (non-hydrogen) atoms. The van der Waals surface area contributed by atoms with E-state index in [0.717, 1.165) is 29.2 Å². The highest BCUT2D eigenvalue weighted by atomic mass is 32.1. The number of nitrogens with zero attached hydrogens (tertiary/aromatic N) is 2. The third kappa shape index (κ3) is 4.93. The molecule has 3 N–H and O–H groups in total. The van der Waals surface area contributed by atoms with E-state index in [-0.39, 0.29) is 0 Å². The molecule has 5 heteroatoms. The molecule has 4 nitrogen and oxygen atoms in total. The van der Waals surface area contributed by atoms with Crippen molar-refractivity contribution in [3.8, 4) is 0 Å². The number of benzene rings is 2. The Kier molecular flexibility index (Phi) is 5.58. The summed E-state index contributed by atoms with van der Waals surface area (Å²) in [4.78, 5) is 8.98. The minimum atomic E-state index is 0.403. The second-order valence-electron chi connectivity index (χ2n) is 5.41. The molecule has 0 atom stereocenters. The summed E-state index contributed by atoms with van der Waals surface area (Å²) in [7, 11) is 0. The number of hydrogen-bond donors (Lipinski definition) is 2. The number of nitrogens with two attached hydrogens (primary N) is 1. The Labute approximate surface area is 146 Å². The van der Waals surface area contributed by atoms with E-state index in [9.17, 15) is 0 Å². The molecule has 0 amide bonds. The molecule has 1 heterocycles. The van der Waals surface area contributed by atoms with Gasteiger partial charge in [0.15, 0.2) is 5.96 Å². The van der Waals surface area contributed by atoms with Crippen molar-refractivity contribution in [3.63, 3.8) is 0 Å². The molecule has 0 aliphatic carbocycles. The van der Waals surface area contributed by atoms with Crippen LogP contribution in [-0.2, 0) is 19.4 Å². The van der Waals surface area contributed by atoms with E-state index < -0.39 is 0 Å². The molecule has 0 radical (unpaired) electrons. The van der Waals surface area contributed by atoms with Gasteiger partial charge in [0.2, 0.25) is 0 Å². The lowest BCUT2D eigenvalue weighted by atomic mass is 10.1. The molecule has 0 saturated carbocycles. The number of aromatic nitrogens is 1. The van der Waals surface area contributed by atoms with Gasteiger partial charge in [-0.3, -0.25) is 0 Å². The number of thiazole rings is 1. The van der Waals surface area contributed by atoms with E-state index in [1.54, 1.807) is 11.3 Å². The van der Waals surface area contributed by atoms with Crippen LogP contribution in [0.15, 0.2) is 71.0 Å². The van der Waals surface area contributed by atoms with Crippen LogP contribution in [0.3, 0.4) is 0 Å². The van der Waals surface area contributed by atoms with E-state index >= 15 is 0 Å². The third-order valence-corrected chi connectivity index (χ3v) is 4.48. The highest BCUT2D eigenvalue weighted by Crippen LogP contribution is 2.14. The van der Waals surface area contributed by atoms with Gasteiger partial charge in [-0.2, -0.15) is 0 Å². The number of rotatable bonds is 6. The normalized spacial score (nSPS) is 11.4. The van der Waals surface area contributed by atoms with Gasteiger partial charge in [0.05, 0.1) is 17.2 Å². The fourth-order valence-electron chi connectivity index (χ4n) is 2.31. The Morgan fingerprint density at radius 2 is 1.71 bits per heavy atom. The number of nitrogens with one attached hydrogen (secondary N) is 1. The fourth-order valence-corrected chi connectivity index (χ4v) is 3.10. The lowest BCUT2D eigenvalue weighted by Crippen LogP contribution is -2.22. The average Bonchev–Trinajstić information content (AvgIpc) is 3.08. The molecule has 1 aromatic heterocycles. The van der Waals surface area contributed by atoms with Crippen molar-refractivity contribution in [2.45, 2.75) is 19.4 Å². The van der Waals surface area contributed by atoms with Crippen LogP contribution in [0.4, 0.5) is 5.69 Å². The molecular formula is C19H20N4S. The van der Waals surface area contributed by atoms with E-state index in [4.69, 9.17) is 5.73 Å². The first kappa shape index (κ1) is 16.2. The summed E-state index contributed by atoms with van der Waals surface area (Å²) in [6.07, 6.45) is 1.96. The van der Waals surface area contributed by atoms with Gasteiger partial charge in [0, 0.05) is 17.5 Å². The number of aryl methyl sites for hydroxylation is 2. The molecular weight excluding hydrogens is 316 g/mol. The van der Waals surface area contributed by atoms with Crippen LogP contribution < -0.4 is 11.1 Å². The van der Waals surface area contributed by atoms with Crippen LogP contribution in [0.2, 0.25) is 0 Å². The summed E-state index contributed by atoms with van der Waals surface area (Å²) in [6, 6.07) is 20.2. The predicted molar refractivity (Wildman–Crippen MR) is 101 cm³/mol. The van der Waals surface area contributed by atoms with Crippen LogP contribution >= 0.6 is 11.3 Å². The Hall–Kier alpha value is -2.66. The maximum Gasteiger partial charge on any atom is 0.193 e. The summed E-state index contributed by atoms with van der Waals surface area (Å²) < 4.78 is 0. The highest BCUT2D eigenvalue weighted by molar-refractivity contribution is 7.09. The first-order chi connectivity index (χ1) is 11.8. The molecule has 0 aliphatic rings. The first-order valence-corrected chi connectivity index (χ1v) is 8.77. The quantitative estimate of drug-likeness (QED) is 0.531. The summed E-state index contributed by atoms with van der Waals surface area (Å²) in [5.41, 5.74) is 9.14. The minimum absolute atomic E-state index is 0.403. The van der Waals surface area contributed by atoms with Crippen molar-refractivity contribution in [1.82, 2.24) is 4.98 Å². The smallest absolute Gasteiger partial charge is 0.193 e. The Morgan fingerprint density at radius 3 is 2.46 bits per heavy atom. The number of para-hydroxylation sites is 1. The van der Waals surface area contributed by atoms with Gasteiger partial charge >= 0.3 is 0 Å². The SMILES string of the molecule is NC(=NCc1csc(CCc2ccccc2)n1)Nc1ccccc1. The van der Waals surface area contributed by atoms with Crippen molar-refractivity contribution in [2.75, 3.05) is 5.32 Å². The second kappa shape index (κ2) is 8.26. The second-order valence-corrected chi connectivity index (χ2v) is 6.35. The molecule has 0 saturated heterocycles. The molecule has 0 bridgehead atoms. The van der Waals surface area contributed by atoms with Gasteiger partial charge in [0.1, 0.15) is 0 Å². The Balaban J connectivity index is 1.51. The molecule has 0 spiro atoms. The zero-order chi connectivity index (χ0) is 16.6. The first-order valence-electron chi connectivity index (χ1n) is 7.89. The van der Waals surface area contributed by atoms with E-state index in [1.807, 2.05) is 36.4 Å². The van der Waals surface area contributed by atoms with Gasteiger partial charge in [-0.1, -0.05) is 48.5 Å².